The van der Waals surface area contributed by atoms with Gasteiger partial charge in [-0.15, -0.1) is 11.3 Å². The molecule has 4 heteroatoms. The predicted molar refractivity (Wildman–Crippen MR) is 59.0 cm³/mol. The smallest absolute Gasteiger partial charge is 0.185 e. The van der Waals surface area contributed by atoms with E-state index in [-0.39, 0.29) is 5.60 Å². The largest absolute Gasteiger partial charge is 0.372 e. The van der Waals surface area contributed by atoms with Crippen molar-refractivity contribution >= 4 is 16.5 Å². The lowest BCUT2D eigenvalue weighted by molar-refractivity contribution is -0.0529. The first-order chi connectivity index (χ1) is 6.61. The molecule has 1 aliphatic heterocycles. The van der Waals surface area contributed by atoms with Gasteiger partial charge in [-0.3, -0.25) is 0 Å². The van der Waals surface area contributed by atoms with Gasteiger partial charge in [0.1, 0.15) is 0 Å². The lowest BCUT2D eigenvalue weighted by Gasteiger charge is -2.44. The third-order valence-electron chi connectivity index (χ3n) is 2.94. The number of nitrogens with zero attached hydrogens (tertiary/aromatic N) is 2. The first-order valence-corrected chi connectivity index (χ1v) is 5.79. The molecule has 0 spiro atoms. The molecular formula is C10H16N2OS. The van der Waals surface area contributed by atoms with Crippen LogP contribution in [-0.2, 0) is 4.74 Å². The van der Waals surface area contributed by atoms with E-state index in [1.54, 1.807) is 11.3 Å². The van der Waals surface area contributed by atoms with E-state index in [0.717, 1.165) is 18.3 Å². The van der Waals surface area contributed by atoms with Gasteiger partial charge in [0.15, 0.2) is 5.13 Å². The first kappa shape index (κ1) is 9.93. The van der Waals surface area contributed by atoms with Crippen molar-refractivity contribution in [2.45, 2.75) is 32.4 Å². The Morgan fingerprint density at radius 2 is 2.43 bits per heavy atom. The molecule has 0 aliphatic carbocycles. The summed E-state index contributed by atoms with van der Waals surface area (Å²) in [5, 5.41) is 3.12. The molecule has 3 nitrogen and oxygen atoms in total. The molecule has 0 amide bonds. The van der Waals surface area contributed by atoms with Gasteiger partial charge in [-0.1, -0.05) is 0 Å². The maximum absolute atomic E-state index is 5.74. The summed E-state index contributed by atoms with van der Waals surface area (Å²) in [6, 6.07) is 0.377. The summed E-state index contributed by atoms with van der Waals surface area (Å²) in [5.74, 6) is 0. The van der Waals surface area contributed by atoms with Gasteiger partial charge in [0.05, 0.1) is 18.2 Å². The Balaban J connectivity index is 2.20. The van der Waals surface area contributed by atoms with E-state index >= 15 is 0 Å². The maximum Gasteiger partial charge on any atom is 0.185 e. The number of hydrogen-bond donors (Lipinski definition) is 0. The highest BCUT2D eigenvalue weighted by molar-refractivity contribution is 7.13. The van der Waals surface area contributed by atoms with Gasteiger partial charge < -0.3 is 9.64 Å². The molecule has 78 valence electrons. The highest BCUT2D eigenvalue weighted by atomic mass is 32.1. The molecule has 1 fully saturated rings. The monoisotopic (exact) mass is 212 g/mol. The molecular weight excluding hydrogens is 196 g/mol. The van der Waals surface area contributed by atoms with Gasteiger partial charge >= 0.3 is 0 Å². The molecule has 1 aromatic rings. The SMILES string of the molecule is CC1N(c2nccs2)CCOC1(C)C. The van der Waals surface area contributed by atoms with E-state index in [9.17, 15) is 0 Å². The molecule has 0 bridgehead atoms. The fourth-order valence-corrected chi connectivity index (χ4v) is 2.47. The second kappa shape index (κ2) is 3.51. The first-order valence-electron chi connectivity index (χ1n) is 4.91. The Kier molecular flexibility index (Phi) is 2.49. The molecule has 1 atom stereocenters. The quantitative estimate of drug-likeness (QED) is 0.713. The zero-order valence-electron chi connectivity index (χ0n) is 8.86. The summed E-state index contributed by atoms with van der Waals surface area (Å²) in [6.45, 7) is 8.20. The van der Waals surface area contributed by atoms with Gasteiger partial charge in [-0.2, -0.15) is 0 Å². The Morgan fingerprint density at radius 3 is 3.07 bits per heavy atom. The third kappa shape index (κ3) is 1.64. The number of thiazole rings is 1. The van der Waals surface area contributed by atoms with E-state index in [2.05, 4.69) is 30.7 Å². The Morgan fingerprint density at radius 1 is 1.64 bits per heavy atom. The van der Waals surface area contributed by atoms with Crippen molar-refractivity contribution in [1.29, 1.82) is 0 Å². The van der Waals surface area contributed by atoms with Crippen molar-refractivity contribution in [2.75, 3.05) is 18.1 Å². The summed E-state index contributed by atoms with van der Waals surface area (Å²) in [6.07, 6.45) is 1.86. The number of anilines is 1. The highest BCUT2D eigenvalue weighted by Gasteiger charge is 2.36. The lowest BCUT2D eigenvalue weighted by Crippen LogP contribution is -2.55. The van der Waals surface area contributed by atoms with Crippen molar-refractivity contribution in [3.8, 4) is 0 Å². The fourth-order valence-electron chi connectivity index (χ4n) is 1.72. The molecule has 14 heavy (non-hydrogen) atoms. The third-order valence-corrected chi connectivity index (χ3v) is 3.75. The lowest BCUT2D eigenvalue weighted by atomic mass is 9.97. The van der Waals surface area contributed by atoms with Crippen LogP contribution in [0.4, 0.5) is 5.13 Å². The molecule has 0 aromatic carbocycles. The second-order valence-electron chi connectivity index (χ2n) is 4.14. The highest BCUT2D eigenvalue weighted by Crippen LogP contribution is 2.29. The summed E-state index contributed by atoms with van der Waals surface area (Å²) in [4.78, 5) is 6.67. The van der Waals surface area contributed by atoms with Gasteiger partial charge in [0, 0.05) is 18.1 Å². The van der Waals surface area contributed by atoms with Crippen molar-refractivity contribution in [3.63, 3.8) is 0 Å². The van der Waals surface area contributed by atoms with E-state index < -0.39 is 0 Å². The van der Waals surface area contributed by atoms with E-state index in [0.29, 0.717) is 6.04 Å². The molecule has 1 saturated heterocycles. The normalized spacial score (nSPS) is 26.5. The fraction of sp³-hybridized carbons (Fsp3) is 0.700. The standard InChI is InChI=1S/C10H16N2OS/c1-8-10(2,3)13-6-5-12(8)9-11-4-7-14-9/h4,7-8H,5-6H2,1-3H3. The Bertz CT molecular complexity index is 297. The molecule has 2 heterocycles. The van der Waals surface area contributed by atoms with Crippen LogP contribution in [0.2, 0.25) is 0 Å². The Labute approximate surface area is 88.7 Å². The van der Waals surface area contributed by atoms with Crippen LogP contribution < -0.4 is 4.90 Å². The van der Waals surface area contributed by atoms with Crippen LogP contribution in [0.3, 0.4) is 0 Å². The van der Waals surface area contributed by atoms with Crippen molar-refractivity contribution in [3.05, 3.63) is 11.6 Å². The number of morpholine rings is 1. The predicted octanol–water partition coefficient (Wildman–Crippen LogP) is 2.15. The number of rotatable bonds is 1. The minimum absolute atomic E-state index is 0.0794. The summed E-state index contributed by atoms with van der Waals surface area (Å²) in [7, 11) is 0. The number of hydrogen-bond acceptors (Lipinski definition) is 4. The van der Waals surface area contributed by atoms with Gasteiger partial charge in [0.2, 0.25) is 0 Å². The van der Waals surface area contributed by atoms with E-state index in [1.807, 2.05) is 11.6 Å². The molecule has 0 N–H and O–H groups in total. The van der Waals surface area contributed by atoms with Gasteiger partial charge in [-0.25, -0.2) is 4.98 Å². The summed E-state index contributed by atoms with van der Waals surface area (Å²) >= 11 is 1.69. The van der Waals surface area contributed by atoms with Crippen molar-refractivity contribution in [2.24, 2.45) is 0 Å². The van der Waals surface area contributed by atoms with Crippen molar-refractivity contribution in [1.82, 2.24) is 4.98 Å². The van der Waals surface area contributed by atoms with Crippen molar-refractivity contribution < 1.29 is 4.74 Å². The molecule has 1 aliphatic rings. The van der Waals surface area contributed by atoms with Crippen LogP contribution in [0.15, 0.2) is 11.6 Å². The average Bonchev–Trinajstić information content (AvgIpc) is 2.62. The molecule has 0 saturated carbocycles. The molecule has 0 radical (unpaired) electrons. The Hall–Kier alpha value is -0.610. The topological polar surface area (TPSA) is 25.4 Å². The zero-order valence-corrected chi connectivity index (χ0v) is 9.67. The molecule has 2 rings (SSSR count). The molecule has 1 unspecified atom stereocenters. The number of aromatic nitrogens is 1. The minimum Gasteiger partial charge on any atom is -0.372 e. The van der Waals surface area contributed by atoms with E-state index in [1.165, 1.54) is 0 Å². The minimum atomic E-state index is -0.0794. The van der Waals surface area contributed by atoms with Crippen LogP contribution in [0.1, 0.15) is 20.8 Å². The maximum atomic E-state index is 5.74. The van der Waals surface area contributed by atoms with Crippen LogP contribution >= 0.6 is 11.3 Å². The summed E-state index contributed by atoms with van der Waals surface area (Å²) in [5.41, 5.74) is -0.0794. The van der Waals surface area contributed by atoms with Crippen LogP contribution in [0.25, 0.3) is 0 Å². The summed E-state index contributed by atoms with van der Waals surface area (Å²) < 4.78 is 5.74. The van der Waals surface area contributed by atoms with Gasteiger partial charge in [0.25, 0.3) is 0 Å². The average molecular weight is 212 g/mol. The van der Waals surface area contributed by atoms with Crippen LogP contribution in [0.5, 0.6) is 0 Å². The van der Waals surface area contributed by atoms with Crippen LogP contribution in [0, 0.1) is 0 Å². The van der Waals surface area contributed by atoms with Crippen LogP contribution in [-0.4, -0.2) is 29.8 Å². The second-order valence-corrected chi connectivity index (χ2v) is 5.01. The zero-order chi connectivity index (χ0) is 10.2. The molecule has 1 aromatic heterocycles. The van der Waals surface area contributed by atoms with E-state index in [4.69, 9.17) is 4.74 Å². The number of ether oxygens (including phenoxy) is 1. The van der Waals surface area contributed by atoms with Gasteiger partial charge in [-0.05, 0) is 20.8 Å².